The molecule has 0 aromatic heterocycles. The number of hydrogen-bond donors (Lipinski definition) is 0. The highest BCUT2D eigenvalue weighted by Gasteiger charge is 2.36. The SMILES string of the molecule is COC(=O)CN1C(=O)S/C(=C\c2ccc(OC(C)C)cc2)C1=O. The number of thioether (sulfide) groups is 1. The van der Waals surface area contributed by atoms with Crippen LogP contribution in [0.15, 0.2) is 29.2 Å². The van der Waals surface area contributed by atoms with Gasteiger partial charge >= 0.3 is 5.97 Å². The summed E-state index contributed by atoms with van der Waals surface area (Å²) in [6.45, 7) is 3.50. The van der Waals surface area contributed by atoms with Gasteiger partial charge in [-0.2, -0.15) is 0 Å². The number of carbonyl (C=O) groups is 3. The van der Waals surface area contributed by atoms with Gasteiger partial charge in [0.25, 0.3) is 11.1 Å². The molecule has 0 spiro atoms. The third kappa shape index (κ3) is 4.35. The number of amides is 2. The van der Waals surface area contributed by atoms with Crippen molar-refractivity contribution in [2.24, 2.45) is 0 Å². The maximum Gasteiger partial charge on any atom is 0.325 e. The Bertz CT molecular complexity index is 651. The second kappa shape index (κ2) is 7.32. The van der Waals surface area contributed by atoms with Crippen LogP contribution in [0.2, 0.25) is 0 Å². The average Bonchev–Trinajstić information content (AvgIpc) is 2.76. The van der Waals surface area contributed by atoms with E-state index in [-0.39, 0.29) is 17.6 Å². The van der Waals surface area contributed by atoms with Crippen LogP contribution in [0.25, 0.3) is 6.08 Å². The van der Waals surface area contributed by atoms with Crippen LogP contribution in [-0.4, -0.2) is 41.8 Å². The van der Waals surface area contributed by atoms with Gasteiger partial charge in [-0.05, 0) is 49.4 Å². The summed E-state index contributed by atoms with van der Waals surface area (Å²) in [5.41, 5.74) is 0.768. The fourth-order valence-electron chi connectivity index (χ4n) is 1.90. The number of nitrogens with zero attached hydrogens (tertiary/aromatic N) is 1. The van der Waals surface area contributed by atoms with Crippen LogP contribution in [0.4, 0.5) is 4.79 Å². The van der Waals surface area contributed by atoms with Gasteiger partial charge in [0.05, 0.1) is 18.1 Å². The van der Waals surface area contributed by atoms with Crippen LogP contribution >= 0.6 is 11.8 Å². The summed E-state index contributed by atoms with van der Waals surface area (Å²) >= 11 is 0.803. The summed E-state index contributed by atoms with van der Waals surface area (Å²) in [4.78, 5) is 36.4. The van der Waals surface area contributed by atoms with Crippen molar-refractivity contribution in [1.29, 1.82) is 0 Å². The van der Waals surface area contributed by atoms with Crippen LogP contribution < -0.4 is 4.74 Å². The lowest BCUT2D eigenvalue weighted by atomic mass is 10.2. The van der Waals surface area contributed by atoms with Crippen molar-refractivity contribution < 1.29 is 23.9 Å². The highest BCUT2D eigenvalue weighted by molar-refractivity contribution is 8.18. The van der Waals surface area contributed by atoms with Crippen molar-refractivity contribution in [2.45, 2.75) is 20.0 Å². The average molecular weight is 335 g/mol. The largest absolute Gasteiger partial charge is 0.491 e. The third-order valence-electron chi connectivity index (χ3n) is 2.94. The first-order valence-corrected chi connectivity index (χ1v) is 7.81. The third-order valence-corrected chi connectivity index (χ3v) is 3.85. The number of methoxy groups -OCH3 is 1. The van der Waals surface area contributed by atoms with E-state index in [1.807, 2.05) is 13.8 Å². The minimum absolute atomic E-state index is 0.0793. The number of imide groups is 1. The number of benzene rings is 1. The summed E-state index contributed by atoms with van der Waals surface area (Å²) < 4.78 is 10.0. The number of ether oxygens (including phenoxy) is 2. The molecule has 1 aromatic carbocycles. The van der Waals surface area contributed by atoms with Crippen molar-refractivity contribution in [3.8, 4) is 5.75 Å². The first-order chi connectivity index (χ1) is 10.9. The molecule has 0 saturated carbocycles. The maximum atomic E-state index is 12.2. The number of esters is 1. The molecular weight excluding hydrogens is 318 g/mol. The van der Waals surface area contributed by atoms with E-state index in [0.717, 1.165) is 28.0 Å². The first-order valence-electron chi connectivity index (χ1n) is 6.99. The van der Waals surface area contributed by atoms with E-state index in [2.05, 4.69) is 4.74 Å². The van der Waals surface area contributed by atoms with Crippen molar-refractivity contribution in [1.82, 2.24) is 4.90 Å². The minimum atomic E-state index is -0.635. The Kier molecular flexibility index (Phi) is 5.44. The zero-order valence-electron chi connectivity index (χ0n) is 13.1. The molecular formula is C16H17NO5S. The summed E-state index contributed by atoms with van der Waals surface area (Å²) in [5, 5.41) is -0.480. The molecule has 1 aromatic rings. The lowest BCUT2D eigenvalue weighted by molar-refractivity contribution is -0.143. The van der Waals surface area contributed by atoms with E-state index < -0.39 is 17.1 Å². The minimum Gasteiger partial charge on any atom is -0.491 e. The molecule has 1 saturated heterocycles. The number of rotatable bonds is 5. The number of hydrogen-bond acceptors (Lipinski definition) is 6. The van der Waals surface area contributed by atoms with E-state index in [1.165, 1.54) is 7.11 Å². The second-order valence-electron chi connectivity index (χ2n) is 5.08. The lowest BCUT2D eigenvalue weighted by Crippen LogP contribution is -2.34. The molecule has 1 aliphatic heterocycles. The molecule has 0 N–H and O–H groups in total. The molecule has 23 heavy (non-hydrogen) atoms. The molecule has 0 radical (unpaired) electrons. The van der Waals surface area contributed by atoms with Gasteiger partial charge in [0.1, 0.15) is 12.3 Å². The van der Waals surface area contributed by atoms with Gasteiger partial charge in [-0.1, -0.05) is 12.1 Å². The Morgan fingerprint density at radius 3 is 2.48 bits per heavy atom. The Labute approximate surface area is 138 Å². The summed E-state index contributed by atoms with van der Waals surface area (Å²) in [6, 6.07) is 7.19. The molecule has 0 bridgehead atoms. The lowest BCUT2D eigenvalue weighted by Gasteiger charge is -2.10. The zero-order chi connectivity index (χ0) is 17.0. The van der Waals surface area contributed by atoms with E-state index >= 15 is 0 Å². The predicted molar refractivity (Wildman–Crippen MR) is 86.9 cm³/mol. The van der Waals surface area contributed by atoms with Gasteiger partial charge in [-0.3, -0.25) is 19.3 Å². The van der Waals surface area contributed by atoms with Crippen molar-refractivity contribution in [3.05, 3.63) is 34.7 Å². The Morgan fingerprint density at radius 2 is 1.91 bits per heavy atom. The van der Waals surface area contributed by atoms with Crippen LogP contribution in [0.5, 0.6) is 5.75 Å². The molecule has 0 unspecified atom stereocenters. The quantitative estimate of drug-likeness (QED) is 0.608. The number of carbonyl (C=O) groups excluding carboxylic acids is 3. The van der Waals surface area contributed by atoms with Gasteiger partial charge < -0.3 is 9.47 Å². The van der Waals surface area contributed by atoms with Gasteiger partial charge in [0.15, 0.2) is 0 Å². The molecule has 122 valence electrons. The van der Waals surface area contributed by atoms with E-state index in [9.17, 15) is 14.4 Å². The second-order valence-corrected chi connectivity index (χ2v) is 6.07. The van der Waals surface area contributed by atoms with Crippen LogP contribution in [0.3, 0.4) is 0 Å². The molecule has 2 amide bonds. The van der Waals surface area contributed by atoms with Gasteiger partial charge in [-0.25, -0.2) is 0 Å². The van der Waals surface area contributed by atoms with Crippen molar-refractivity contribution in [3.63, 3.8) is 0 Å². The van der Waals surface area contributed by atoms with Gasteiger partial charge in [0.2, 0.25) is 0 Å². The highest BCUT2D eigenvalue weighted by Crippen LogP contribution is 2.32. The Balaban J connectivity index is 2.12. The molecule has 2 rings (SSSR count). The Hall–Kier alpha value is -2.28. The van der Waals surface area contributed by atoms with Gasteiger partial charge in [0, 0.05) is 0 Å². The van der Waals surface area contributed by atoms with Crippen LogP contribution in [0, 0.1) is 0 Å². The highest BCUT2D eigenvalue weighted by atomic mass is 32.2. The summed E-state index contributed by atoms with van der Waals surface area (Å²) in [6.07, 6.45) is 1.69. The topological polar surface area (TPSA) is 72.9 Å². The van der Waals surface area contributed by atoms with Crippen molar-refractivity contribution in [2.75, 3.05) is 13.7 Å². The van der Waals surface area contributed by atoms with E-state index in [4.69, 9.17) is 4.74 Å². The van der Waals surface area contributed by atoms with E-state index in [1.54, 1.807) is 30.3 Å². The smallest absolute Gasteiger partial charge is 0.325 e. The van der Waals surface area contributed by atoms with E-state index in [0.29, 0.717) is 0 Å². The molecule has 0 atom stereocenters. The monoisotopic (exact) mass is 335 g/mol. The van der Waals surface area contributed by atoms with Crippen LogP contribution in [-0.2, 0) is 14.3 Å². The molecule has 0 aliphatic carbocycles. The molecule has 6 nitrogen and oxygen atoms in total. The zero-order valence-corrected chi connectivity index (χ0v) is 13.9. The summed E-state index contributed by atoms with van der Waals surface area (Å²) in [5.74, 6) is -0.396. The maximum absolute atomic E-state index is 12.2. The predicted octanol–water partition coefficient (Wildman–Crippen LogP) is 2.68. The van der Waals surface area contributed by atoms with Gasteiger partial charge in [-0.15, -0.1) is 0 Å². The molecule has 1 aliphatic rings. The normalized spacial score (nSPS) is 16.3. The first kappa shape index (κ1) is 17.1. The fourth-order valence-corrected chi connectivity index (χ4v) is 2.73. The molecule has 7 heteroatoms. The Morgan fingerprint density at radius 1 is 1.26 bits per heavy atom. The molecule has 1 heterocycles. The standard InChI is InChI=1S/C16H17NO5S/c1-10(2)22-12-6-4-11(5-7-12)8-13-15(19)17(16(20)23-13)9-14(18)21-3/h4-8,10H,9H2,1-3H3/b13-8-. The molecule has 1 fully saturated rings. The van der Waals surface area contributed by atoms with Crippen LogP contribution in [0.1, 0.15) is 19.4 Å². The van der Waals surface area contributed by atoms with Crippen molar-refractivity contribution >= 4 is 35.0 Å². The summed E-state index contributed by atoms with van der Waals surface area (Å²) in [7, 11) is 1.21. The fraction of sp³-hybridized carbons (Fsp3) is 0.312.